The second kappa shape index (κ2) is 8.52. The van der Waals surface area contributed by atoms with E-state index in [-0.39, 0.29) is 5.91 Å². The number of carbonyl (C=O) groups is 2. The van der Waals surface area contributed by atoms with Crippen molar-refractivity contribution in [3.8, 4) is 23.3 Å². The third-order valence-corrected chi connectivity index (χ3v) is 3.94. The number of aldehydes is 1. The fraction of sp³-hybridized carbons (Fsp3) is 0.0455. The van der Waals surface area contributed by atoms with Gasteiger partial charge in [-0.2, -0.15) is 5.26 Å². The van der Waals surface area contributed by atoms with Gasteiger partial charge in [0.05, 0.1) is 18.7 Å². The molecule has 0 spiro atoms. The molecule has 0 fully saturated rings. The van der Waals surface area contributed by atoms with Crippen molar-refractivity contribution in [2.75, 3.05) is 12.4 Å². The summed E-state index contributed by atoms with van der Waals surface area (Å²) in [4.78, 5) is 22.9. The zero-order valence-electron chi connectivity index (χ0n) is 15.0. The number of amides is 1. The fourth-order valence-corrected chi connectivity index (χ4v) is 2.47. The molecule has 0 aliphatic carbocycles. The highest BCUT2D eigenvalue weighted by Crippen LogP contribution is 2.32. The van der Waals surface area contributed by atoms with E-state index in [1.54, 1.807) is 66.7 Å². The Labute approximate surface area is 161 Å². The first-order valence-electron chi connectivity index (χ1n) is 8.35. The molecular formula is C22H16N2O4. The van der Waals surface area contributed by atoms with Crippen LogP contribution in [0.2, 0.25) is 0 Å². The van der Waals surface area contributed by atoms with Crippen molar-refractivity contribution in [2.24, 2.45) is 0 Å². The van der Waals surface area contributed by atoms with Crippen molar-refractivity contribution in [3.05, 3.63) is 83.4 Å². The average Bonchev–Trinajstić information content (AvgIpc) is 2.75. The maximum atomic E-state index is 12.3. The van der Waals surface area contributed by atoms with Gasteiger partial charge in [-0.15, -0.1) is 0 Å². The lowest BCUT2D eigenvalue weighted by Crippen LogP contribution is -2.11. The van der Waals surface area contributed by atoms with E-state index in [1.165, 1.54) is 7.11 Å². The maximum Gasteiger partial charge on any atom is 0.255 e. The molecule has 0 aromatic heterocycles. The van der Waals surface area contributed by atoms with Gasteiger partial charge in [-0.25, -0.2) is 0 Å². The molecule has 6 nitrogen and oxygen atoms in total. The van der Waals surface area contributed by atoms with Gasteiger partial charge < -0.3 is 14.8 Å². The highest BCUT2D eigenvalue weighted by molar-refractivity contribution is 6.04. The summed E-state index contributed by atoms with van der Waals surface area (Å²) in [5, 5.41) is 11.7. The Morgan fingerprint density at radius 1 is 1.00 bits per heavy atom. The van der Waals surface area contributed by atoms with Crippen LogP contribution in [0.15, 0.2) is 66.7 Å². The minimum Gasteiger partial charge on any atom is -0.493 e. The van der Waals surface area contributed by atoms with Crippen LogP contribution < -0.4 is 14.8 Å². The molecule has 0 heterocycles. The maximum absolute atomic E-state index is 12.3. The Hall–Kier alpha value is -4.11. The summed E-state index contributed by atoms with van der Waals surface area (Å²) < 4.78 is 11.0. The molecule has 0 saturated heterocycles. The van der Waals surface area contributed by atoms with Crippen molar-refractivity contribution >= 4 is 17.9 Å². The third-order valence-electron chi connectivity index (χ3n) is 3.94. The second-order valence-electron chi connectivity index (χ2n) is 5.80. The molecule has 1 N–H and O–H groups in total. The molecule has 3 aromatic rings. The summed E-state index contributed by atoms with van der Waals surface area (Å²) in [6, 6.07) is 20.1. The van der Waals surface area contributed by atoms with Gasteiger partial charge in [-0.1, -0.05) is 12.1 Å². The monoisotopic (exact) mass is 372 g/mol. The van der Waals surface area contributed by atoms with Gasteiger partial charge in [0, 0.05) is 22.9 Å². The summed E-state index contributed by atoms with van der Waals surface area (Å²) in [5.74, 6) is 1.21. The normalized spacial score (nSPS) is 9.86. The number of rotatable bonds is 6. The standard InChI is InChI=1S/C22H16N2O4/c1-27-21-12-16(13-23)4-11-20(21)28-19-9-7-18(8-10-19)24-22(26)17-5-2-15(14-25)3-6-17/h2-12,14H,1H3,(H,24,26). The van der Waals surface area contributed by atoms with Gasteiger partial charge in [-0.3, -0.25) is 9.59 Å². The van der Waals surface area contributed by atoms with E-state index < -0.39 is 0 Å². The third kappa shape index (κ3) is 4.34. The summed E-state index contributed by atoms with van der Waals surface area (Å²) in [6.07, 6.45) is 0.725. The van der Waals surface area contributed by atoms with E-state index in [9.17, 15) is 9.59 Å². The molecule has 6 heteroatoms. The molecular weight excluding hydrogens is 356 g/mol. The van der Waals surface area contributed by atoms with E-state index in [4.69, 9.17) is 14.7 Å². The topological polar surface area (TPSA) is 88.4 Å². The quantitative estimate of drug-likeness (QED) is 0.647. The highest BCUT2D eigenvalue weighted by atomic mass is 16.5. The molecule has 28 heavy (non-hydrogen) atoms. The van der Waals surface area contributed by atoms with Crippen LogP contribution in [0, 0.1) is 11.3 Å². The van der Waals surface area contributed by atoms with E-state index in [2.05, 4.69) is 5.32 Å². The Bertz CT molecular complexity index is 1040. The van der Waals surface area contributed by atoms with Gasteiger partial charge in [0.2, 0.25) is 0 Å². The Morgan fingerprint density at radius 2 is 1.71 bits per heavy atom. The summed E-state index contributed by atoms with van der Waals surface area (Å²) in [7, 11) is 1.50. The second-order valence-corrected chi connectivity index (χ2v) is 5.80. The van der Waals surface area contributed by atoms with E-state index >= 15 is 0 Å². The van der Waals surface area contributed by atoms with Crippen LogP contribution in [0.25, 0.3) is 0 Å². The van der Waals surface area contributed by atoms with E-state index in [0.717, 1.165) is 6.29 Å². The SMILES string of the molecule is COc1cc(C#N)ccc1Oc1ccc(NC(=O)c2ccc(C=O)cc2)cc1. The number of methoxy groups -OCH3 is 1. The lowest BCUT2D eigenvalue weighted by Gasteiger charge is -2.11. The van der Waals surface area contributed by atoms with Crippen LogP contribution in [0.3, 0.4) is 0 Å². The zero-order valence-corrected chi connectivity index (χ0v) is 15.0. The number of ether oxygens (including phenoxy) is 2. The molecule has 138 valence electrons. The molecule has 3 aromatic carbocycles. The minimum atomic E-state index is -0.278. The number of nitrogens with one attached hydrogen (secondary N) is 1. The number of benzene rings is 3. The first kappa shape index (κ1) is 18.7. The minimum absolute atomic E-state index is 0.278. The number of nitrogens with zero attached hydrogens (tertiary/aromatic N) is 1. The Kier molecular flexibility index (Phi) is 5.68. The van der Waals surface area contributed by atoms with Crippen LogP contribution in [-0.4, -0.2) is 19.3 Å². The molecule has 0 aliphatic heterocycles. The van der Waals surface area contributed by atoms with Gasteiger partial charge >= 0.3 is 0 Å². The molecule has 0 radical (unpaired) electrons. The fourth-order valence-electron chi connectivity index (χ4n) is 2.47. The van der Waals surface area contributed by atoms with Crippen LogP contribution in [0.5, 0.6) is 17.2 Å². The van der Waals surface area contributed by atoms with Crippen molar-refractivity contribution in [3.63, 3.8) is 0 Å². The Balaban J connectivity index is 1.69. The molecule has 1 amide bonds. The number of anilines is 1. The van der Waals surface area contributed by atoms with Crippen molar-refractivity contribution in [1.82, 2.24) is 0 Å². The van der Waals surface area contributed by atoms with Gasteiger partial charge in [0.25, 0.3) is 5.91 Å². The summed E-state index contributed by atoms with van der Waals surface area (Å²) >= 11 is 0. The smallest absolute Gasteiger partial charge is 0.255 e. The molecule has 0 unspecified atom stereocenters. The molecule has 0 atom stereocenters. The molecule has 0 bridgehead atoms. The van der Waals surface area contributed by atoms with Crippen LogP contribution in [-0.2, 0) is 0 Å². The first-order chi connectivity index (χ1) is 13.6. The average molecular weight is 372 g/mol. The Morgan fingerprint density at radius 3 is 2.32 bits per heavy atom. The molecule has 0 aliphatic rings. The number of hydrogen-bond donors (Lipinski definition) is 1. The largest absolute Gasteiger partial charge is 0.493 e. The highest BCUT2D eigenvalue weighted by Gasteiger charge is 2.09. The number of hydrogen-bond acceptors (Lipinski definition) is 5. The van der Waals surface area contributed by atoms with Crippen LogP contribution in [0.4, 0.5) is 5.69 Å². The lowest BCUT2D eigenvalue weighted by atomic mass is 10.1. The van der Waals surface area contributed by atoms with Crippen LogP contribution in [0.1, 0.15) is 26.3 Å². The van der Waals surface area contributed by atoms with Crippen LogP contribution >= 0.6 is 0 Å². The van der Waals surface area contributed by atoms with Crippen molar-refractivity contribution < 1.29 is 19.1 Å². The molecule has 3 rings (SSSR count). The predicted molar refractivity (Wildman–Crippen MR) is 104 cm³/mol. The van der Waals surface area contributed by atoms with Crippen molar-refractivity contribution in [1.29, 1.82) is 5.26 Å². The number of carbonyl (C=O) groups excluding carboxylic acids is 2. The zero-order chi connectivity index (χ0) is 19.9. The van der Waals surface area contributed by atoms with Gasteiger partial charge in [0.15, 0.2) is 11.5 Å². The van der Waals surface area contributed by atoms with Crippen molar-refractivity contribution in [2.45, 2.75) is 0 Å². The van der Waals surface area contributed by atoms with E-state index in [0.29, 0.717) is 39.6 Å². The summed E-state index contributed by atoms with van der Waals surface area (Å²) in [5.41, 5.74) is 2.04. The molecule has 0 saturated carbocycles. The summed E-state index contributed by atoms with van der Waals surface area (Å²) in [6.45, 7) is 0. The van der Waals surface area contributed by atoms with E-state index in [1.807, 2.05) is 6.07 Å². The van der Waals surface area contributed by atoms with Gasteiger partial charge in [0.1, 0.15) is 12.0 Å². The first-order valence-corrected chi connectivity index (χ1v) is 8.35. The van der Waals surface area contributed by atoms with Gasteiger partial charge in [-0.05, 0) is 48.5 Å². The number of nitriles is 1. The lowest BCUT2D eigenvalue weighted by molar-refractivity contribution is 0.102. The predicted octanol–water partition coefficient (Wildman–Crippen LogP) is 4.42.